The third-order valence-corrected chi connectivity index (χ3v) is 2.38. The molecule has 0 atom stereocenters. The van der Waals surface area contributed by atoms with Crippen molar-refractivity contribution in [3.05, 3.63) is 41.7 Å². The van der Waals surface area contributed by atoms with Crippen molar-refractivity contribution in [1.29, 1.82) is 0 Å². The Morgan fingerprint density at radius 2 is 2.33 bits per heavy atom. The normalized spacial score (nSPS) is 10.3. The fraction of sp³-hybridized carbons (Fsp3) is 0.250. The van der Waals surface area contributed by atoms with E-state index in [2.05, 4.69) is 15.3 Å². The summed E-state index contributed by atoms with van der Waals surface area (Å²) in [5, 5.41) is 11.8. The minimum Gasteiger partial charge on any atom is -0.478 e. The molecule has 0 radical (unpaired) electrons. The topological polar surface area (TPSA) is 88.2 Å². The average molecular weight is 247 g/mol. The van der Waals surface area contributed by atoms with Gasteiger partial charge in [0, 0.05) is 12.6 Å². The van der Waals surface area contributed by atoms with Crippen LogP contribution < -0.4 is 5.32 Å². The highest BCUT2D eigenvalue weighted by atomic mass is 16.4. The highest BCUT2D eigenvalue weighted by Crippen LogP contribution is 2.09. The second-order valence-electron chi connectivity index (χ2n) is 3.66. The van der Waals surface area contributed by atoms with E-state index in [-0.39, 0.29) is 5.56 Å². The molecule has 2 heterocycles. The first-order valence-electron chi connectivity index (χ1n) is 5.56. The van der Waals surface area contributed by atoms with Gasteiger partial charge in [-0.2, -0.15) is 0 Å². The molecule has 0 bridgehead atoms. The number of hydrogen-bond acceptors (Lipinski definition) is 5. The molecule has 18 heavy (non-hydrogen) atoms. The minimum absolute atomic E-state index is 0.189. The van der Waals surface area contributed by atoms with Gasteiger partial charge in [-0.15, -0.1) is 0 Å². The molecule has 6 nitrogen and oxygen atoms in total. The first kappa shape index (κ1) is 12.1. The second kappa shape index (κ2) is 5.31. The third kappa shape index (κ3) is 2.85. The van der Waals surface area contributed by atoms with E-state index in [4.69, 9.17) is 9.52 Å². The summed E-state index contributed by atoms with van der Waals surface area (Å²) >= 11 is 0. The van der Waals surface area contributed by atoms with Crippen molar-refractivity contribution in [3.63, 3.8) is 0 Å². The average Bonchev–Trinajstić information content (AvgIpc) is 2.84. The molecule has 0 saturated carbocycles. The van der Waals surface area contributed by atoms with E-state index in [1.54, 1.807) is 6.20 Å². The molecule has 6 heteroatoms. The molecule has 0 spiro atoms. The van der Waals surface area contributed by atoms with Crippen LogP contribution in [0.1, 0.15) is 28.9 Å². The minimum atomic E-state index is -0.982. The van der Waals surface area contributed by atoms with E-state index in [9.17, 15) is 4.79 Å². The number of rotatable bonds is 5. The molecule has 0 aliphatic carbocycles. The number of carbonyl (C=O) groups is 1. The maximum atomic E-state index is 10.8. The summed E-state index contributed by atoms with van der Waals surface area (Å²) in [7, 11) is 0. The second-order valence-corrected chi connectivity index (χ2v) is 3.66. The van der Waals surface area contributed by atoms with E-state index in [1.165, 1.54) is 18.3 Å². The zero-order valence-corrected chi connectivity index (χ0v) is 9.88. The molecule has 0 unspecified atom stereocenters. The highest BCUT2D eigenvalue weighted by molar-refractivity contribution is 5.88. The molecule has 0 fully saturated rings. The fourth-order valence-electron chi connectivity index (χ4n) is 1.42. The first-order chi connectivity index (χ1) is 8.69. The Bertz CT molecular complexity index is 551. The Labute approximate surface area is 104 Å². The molecule has 2 rings (SSSR count). The summed E-state index contributed by atoms with van der Waals surface area (Å²) in [6.45, 7) is 2.35. The molecule has 2 N–H and O–H groups in total. The number of pyridine rings is 1. The Balaban J connectivity index is 2.01. The lowest BCUT2D eigenvalue weighted by atomic mass is 10.2. The van der Waals surface area contributed by atoms with E-state index in [1.807, 2.05) is 6.92 Å². The zero-order valence-electron chi connectivity index (χ0n) is 9.88. The van der Waals surface area contributed by atoms with Crippen LogP contribution in [0.4, 0.5) is 5.82 Å². The molecule has 0 aliphatic rings. The molecule has 0 aromatic carbocycles. The van der Waals surface area contributed by atoms with Gasteiger partial charge in [0.25, 0.3) is 0 Å². The van der Waals surface area contributed by atoms with Gasteiger partial charge in [0.2, 0.25) is 5.89 Å². The summed E-state index contributed by atoms with van der Waals surface area (Å²) in [6, 6.07) is 2.90. The monoisotopic (exact) mass is 247 g/mol. The van der Waals surface area contributed by atoms with E-state index in [0.29, 0.717) is 18.3 Å². The maximum Gasteiger partial charge on any atom is 0.335 e. The summed E-state index contributed by atoms with van der Waals surface area (Å²) in [5.41, 5.74) is 0.189. The summed E-state index contributed by atoms with van der Waals surface area (Å²) in [5.74, 6) is 0.865. The summed E-state index contributed by atoms with van der Waals surface area (Å²) in [4.78, 5) is 18.9. The standard InChI is InChI=1S/C12H13N3O3/c1-2-9-6-15-11(18-9)7-14-10-5-8(12(16)17)3-4-13-10/h3-6H,2,7H2,1H3,(H,13,14)(H,16,17). The van der Waals surface area contributed by atoms with Crippen LogP contribution in [0.25, 0.3) is 0 Å². The van der Waals surface area contributed by atoms with Gasteiger partial charge < -0.3 is 14.8 Å². The molecule has 94 valence electrons. The molecule has 0 saturated heterocycles. The van der Waals surface area contributed by atoms with Gasteiger partial charge in [0.1, 0.15) is 11.6 Å². The van der Waals surface area contributed by atoms with Gasteiger partial charge in [-0.25, -0.2) is 14.8 Å². The lowest BCUT2D eigenvalue weighted by Crippen LogP contribution is -2.04. The third-order valence-electron chi connectivity index (χ3n) is 2.38. The highest BCUT2D eigenvalue weighted by Gasteiger charge is 2.05. The lowest BCUT2D eigenvalue weighted by Gasteiger charge is -2.03. The quantitative estimate of drug-likeness (QED) is 0.839. The number of hydrogen-bond donors (Lipinski definition) is 2. The number of carboxylic acids is 1. The largest absolute Gasteiger partial charge is 0.478 e. The van der Waals surface area contributed by atoms with Crippen molar-refractivity contribution in [1.82, 2.24) is 9.97 Å². The van der Waals surface area contributed by atoms with Crippen LogP contribution in [0.5, 0.6) is 0 Å². The summed E-state index contributed by atoms with van der Waals surface area (Å²) in [6.07, 6.45) is 3.91. The van der Waals surface area contributed by atoms with Crippen molar-refractivity contribution in [2.75, 3.05) is 5.32 Å². The molecule has 0 amide bonds. The van der Waals surface area contributed by atoms with Crippen LogP contribution in [0, 0.1) is 0 Å². The van der Waals surface area contributed by atoms with Gasteiger partial charge in [-0.1, -0.05) is 6.92 Å². The predicted molar refractivity (Wildman–Crippen MR) is 64.4 cm³/mol. The number of carboxylic acid groups (broad SMARTS) is 1. The first-order valence-corrected chi connectivity index (χ1v) is 5.56. The molecule has 2 aromatic heterocycles. The van der Waals surface area contributed by atoms with Crippen molar-refractivity contribution < 1.29 is 14.3 Å². The van der Waals surface area contributed by atoms with Gasteiger partial charge in [-0.3, -0.25) is 0 Å². The van der Waals surface area contributed by atoms with Crippen molar-refractivity contribution in [2.45, 2.75) is 19.9 Å². The number of nitrogens with zero attached hydrogens (tertiary/aromatic N) is 2. The number of aryl methyl sites for hydroxylation is 1. The number of nitrogens with one attached hydrogen (secondary N) is 1. The smallest absolute Gasteiger partial charge is 0.335 e. The Morgan fingerprint density at radius 1 is 1.50 bits per heavy atom. The van der Waals surface area contributed by atoms with Gasteiger partial charge in [0.05, 0.1) is 18.3 Å². The molecular weight excluding hydrogens is 234 g/mol. The van der Waals surface area contributed by atoms with Crippen molar-refractivity contribution in [2.24, 2.45) is 0 Å². The van der Waals surface area contributed by atoms with Gasteiger partial charge in [-0.05, 0) is 12.1 Å². The number of oxazole rings is 1. The number of aromatic nitrogens is 2. The summed E-state index contributed by atoms with van der Waals surface area (Å²) < 4.78 is 5.41. The van der Waals surface area contributed by atoms with E-state index < -0.39 is 5.97 Å². The van der Waals surface area contributed by atoms with Gasteiger partial charge >= 0.3 is 5.97 Å². The lowest BCUT2D eigenvalue weighted by molar-refractivity contribution is 0.0697. The SMILES string of the molecule is CCc1cnc(CNc2cc(C(=O)O)ccn2)o1. The Morgan fingerprint density at radius 3 is 3.00 bits per heavy atom. The van der Waals surface area contributed by atoms with Crippen molar-refractivity contribution >= 4 is 11.8 Å². The Hall–Kier alpha value is -2.37. The fourth-order valence-corrected chi connectivity index (χ4v) is 1.42. The number of anilines is 1. The zero-order chi connectivity index (χ0) is 13.0. The molecule has 0 aliphatic heterocycles. The van der Waals surface area contributed by atoms with Crippen LogP contribution in [-0.2, 0) is 13.0 Å². The Kier molecular flexibility index (Phi) is 3.57. The van der Waals surface area contributed by atoms with E-state index >= 15 is 0 Å². The van der Waals surface area contributed by atoms with Crippen LogP contribution >= 0.6 is 0 Å². The van der Waals surface area contributed by atoms with Crippen LogP contribution in [0.2, 0.25) is 0 Å². The maximum absolute atomic E-state index is 10.8. The van der Waals surface area contributed by atoms with Crippen LogP contribution in [0.3, 0.4) is 0 Å². The van der Waals surface area contributed by atoms with Crippen LogP contribution in [-0.4, -0.2) is 21.0 Å². The predicted octanol–water partition coefficient (Wildman–Crippen LogP) is 1.94. The van der Waals surface area contributed by atoms with E-state index in [0.717, 1.165) is 12.2 Å². The van der Waals surface area contributed by atoms with Crippen LogP contribution in [0.15, 0.2) is 28.9 Å². The van der Waals surface area contributed by atoms with Crippen molar-refractivity contribution in [3.8, 4) is 0 Å². The molecular formula is C12H13N3O3. The number of aromatic carboxylic acids is 1. The van der Waals surface area contributed by atoms with Gasteiger partial charge in [0.15, 0.2) is 0 Å². The molecule has 2 aromatic rings.